The van der Waals surface area contributed by atoms with E-state index in [1.165, 1.54) is 11.9 Å². The average Bonchev–Trinajstić information content (AvgIpc) is 2.32. The van der Waals surface area contributed by atoms with Gasteiger partial charge in [0.25, 0.3) is 0 Å². The van der Waals surface area contributed by atoms with Crippen LogP contribution in [0.15, 0.2) is 18.3 Å². The molecule has 18 heavy (non-hydrogen) atoms. The fourth-order valence-corrected chi connectivity index (χ4v) is 1.76. The number of amides is 1. The monoisotopic (exact) mass is 250 g/mol. The van der Waals surface area contributed by atoms with E-state index in [4.69, 9.17) is 5.11 Å². The lowest BCUT2D eigenvalue weighted by Crippen LogP contribution is -2.42. The summed E-state index contributed by atoms with van der Waals surface area (Å²) in [6, 6.07) is 2.91. The second-order valence-electron chi connectivity index (χ2n) is 4.21. The first-order chi connectivity index (χ1) is 8.47. The predicted molar refractivity (Wildman–Crippen MR) is 67.2 cm³/mol. The fourth-order valence-electron chi connectivity index (χ4n) is 1.76. The van der Waals surface area contributed by atoms with Gasteiger partial charge < -0.3 is 10.0 Å². The lowest BCUT2D eigenvalue weighted by Gasteiger charge is -2.23. The van der Waals surface area contributed by atoms with Crippen LogP contribution in [0.5, 0.6) is 0 Å². The highest BCUT2D eigenvalue weighted by Crippen LogP contribution is 2.09. The molecule has 5 heteroatoms. The van der Waals surface area contributed by atoms with Crippen molar-refractivity contribution in [3.63, 3.8) is 0 Å². The van der Waals surface area contributed by atoms with Gasteiger partial charge in [0, 0.05) is 13.2 Å². The summed E-state index contributed by atoms with van der Waals surface area (Å²) in [5.74, 6) is -1.21. The van der Waals surface area contributed by atoms with Gasteiger partial charge >= 0.3 is 5.97 Å². The molecule has 0 radical (unpaired) electrons. The summed E-state index contributed by atoms with van der Waals surface area (Å²) in [6.07, 6.45) is 2.15. The molecule has 1 unspecified atom stereocenters. The van der Waals surface area contributed by atoms with Gasteiger partial charge in [-0.2, -0.15) is 0 Å². The summed E-state index contributed by atoms with van der Waals surface area (Å²) < 4.78 is 0. The first-order valence-electron chi connectivity index (χ1n) is 5.86. The van der Waals surface area contributed by atoms with Crippen molar-refractivity contribution < 1.29 is 14.7 Å². The molecule has 98 valence electrons. The predicted octanol–water partition coefficient (Wildman–Crippen LogP) is 1.25. The van der Waals surface area contributed by atoms with E-state index in [9.17, 15) is 9.59 Å². The molecular formula is C13H18N2O3. The van der Waals surface area contributed by atoms with E-state index in [1.807, 2.05) is 13.0 Å². The number of aromatic nitrogens is 1. The van der Waals surface area contributed by atoms with E-state index in [2.05, 4.69) is 4.98 Å². The van der Waals surface area contributed by atoms with Crippen molar-refractivity contribution >= 4 is 11.9 Å². The molecule has 0 aliphatic heterocycles. The summed E-state index contributed by atoms with van der Waals surface area (Å²) in [5.41, 5.74) is 1.62. The maximum Gasteiger partial charge on any atom is 0.326 e. The zero-order valence-corrected chi connectivity index (χ0v) is 10.9. The molecule has 5 nitrogen and oxygen atoms in total. The van der Waals surface area contributed by atoms with Crippen LogP contribution in [0.2, 0.25) is 0 Å². The Balaban J connectivity index is 2.77. The van der Waals surface area contributed by atoms with Crippen LogP contribution < -0.4 is 0 Å². The number of aryl methyl sites for hydroxylation is 1. The lowest BCUT2D eigenvalue weighted by molar-refractivity contribution is -0.148. The molecule has 0 aliphatic carbocycles. The number of carboxylic acids is 1. The molecule has 1 aromatic heterocycles. The molecule has 0 fully saturated rings. The smallest absolute Gasteiger partial charge is 0.326 e. The van der Waals surface area contributed by atoms with Crippen LogP contribution in [0.3, 0.4) is 0 Å². The quantitative estimate of drug-likeness (QED) is 0.854. The van der Waals surface area contributed by atoms with E-state index in [1.54, 1.807) is 19.2 Å². The summed E-state index contributed by atoms with van der Waals surface area (Å²) in [7, 11) is 1.52. The highest BCUT2D eigenvalue weighted by atomic mass is 16.4. The minimum absolute atomic E-state index is 0.132. The van der Waals surface area contributed by atoms with Crippen LogP contribution in [0, 0.1) is 6.92 Å². The average molecular weight is 250 g/mol. The number of nitrogens with zero attached hydrogens (tertiary/aromatic N) is 2. The van der Waals surface area contributed by atoms with Gasteiger partial charge in [-0.25, -0.2) is 4.79 Å². The number of aliphatic carboxylic acids is 1. The number of carbonyl (C=O) groups excluding carboxylic acids is 1. The number of hydrogen-bond donors (Lipinski definition) is 1. The normalized spacial score (nSPS) is 11.9. The van der Waals surface area contributed by atoms with Gasteiger partial charge in [-0.05, 0) is 25.0 Å². The minimum Gasteiger partial charge on any atom is -0.480 e. The highest BCUT2D eigenvalue weighted by Gasteiger charge is 2.24. The number of hydrogen-bond acceptors (Lipinski definition) is 3. The van der Waals surface area contributed by atoms with Crippen molar-refractivity contribution in [1.82, 2.24) is 9.88 Å². The summed E-state index contributed by atoms with van der Waals surface area (Å²) in [6.45, 7) is 3.62. The van der Waals surface area contributed by atoms with Crippen molar-refractivity contribution in [3.8, 4) is 0 Å². The third-order valence-corrected chi connectivity index (χ3v) is 2.97. The standard InChI is InChI=1S/C13H18N2O3/c1-4-11(13(17)18)15(3)12(16)8-10-9(2)6-5-7-14-10/h5-7,11H,4,8H2,1-3H3,(H,17,18). The van der Waals surface area contributed by atoms with Gasteiger partial charge in [0.2, 0.25) is 5.91 Å². The lowest BCUT2D eigenvalue weighted by atomic mass is 10.1. The molecule has 1 atom stereocenters. The van der Waals surface area contributed by atoms with E-state index in [0.29, 0.717) is 12.1 Å². The Hall–Kier alpha value is -1.91. The number of pyridine rings is 1. The molecule has 1 aromatic rings. The van der Waals surface area contributed by atoms with Crippen LogP contribution in [-0.2, 0) is 16.0 Å². The van der Waals surface area contributed by atoms with Gasteiger partial charge in [-0.3, -0.25) is 9.78 Å². The molecule has 0 bridgehead atoms. The zero-order valence-electron chi connectivity index (χ0n) is 10.9. The largest absolute Gasteiger partial charge is 0.480 e. The van der Waals surface area contributed by atoms with Crippen LogP contribution in [0.4, 0.5) is 0 Å². The number of rotatable bonds is 5. The maximum atomic E-state index is 12.0. The Kier molecular flexibility index (Phi) is 4.83. The van der Waals surface area contributed by atoms with Crippen molar-refractivity contribution in [2.24, 2.45) is 0 Å². The van der Waals surface area contributed by atoms with E-state index in [-0.39, 0.29) is 12.3 Å². The third-order valence-electron chi connectivity index (χ3n) is 2.97. The molecule has 1 amide bonds. The van der Waals surface area contributed by atoms with Gasteiger partial charge in [0.15, 0.2) is 0 Å². The Morgan fingerprint density at radius 3 is 2.67 bits per heavy atom. The van der Waals surface area contributed by atoms with Crippen molar-refractivity contribution in [2.45, 2.75) is 32.7 Å². The molecule has 0 spiro atoms. The van der Waals surface area contributed by atoms with E-state index < -0.39 is 12.0 Å². The van der Waals surface area contributed by atoms with Crippen LogP contribution in [-0.4, -0.2) is 40.0 Å². The first-order valence-corrected chi connectivity index (χ1v) is 5.86. The fraction of sp³-hybridized carbons (Fsp3) is 0.462. The Morgan fingerprint density at radius 2 is 2.17 bits per heavy atom. The second-order valence-corrected chi connectivity index (χ2v) is 4.21. The number of carbonyl (C=O) groups is 2. The van der Waals surface area contributed by atoms with Gasteiger partial charge in [-0.15, -0.1) is 0 Å². The van der Waals surface area contributed by atoms with E-state index >= 15 is 0 Å². The van der Waals surface area contributed by atoms with Gasteiger partial charge in [-0.1, -0.05) is 13.0 Å². The molecule has 0 saturated carbocycles. The Morgan fingerprint density at radius 1 is 1.50 bits per heavy atom. The zero-order chi connectivity index (χ0) is 13.7. The summed E-state index contributed by atoms with van der Waals surface area (Å²) in [5, 5.41) is 9.00. The first kappa shape index (κ1) is 14.2. The molecule has 0 aliphatic rings. The highest BCUT2D eigenvalue weighted by molar-refractivity contribution is 5.84. The van der Waals surface area contributed by atoms with Crippen molar-refractivity contribution in [3.05, 3.63) is 29.6 Å². The Labute approximate surface area is 106 Å². The van der Waals surface area contributed by atoms with Gasteiger partial charge in [0.1, 0.15) is 6.04 Å². The van der Waals surface area contributed by atoms with Crippen LogP contribution in [0.25, 0.3) is 0 Å². The Bertz CT molecular complexity index is 446. The molecule has 1 N–H and O–H groups in total. The number of carboxylic acid groups (broad SMARTS) is 1. The summed E-state index contributed by atoms with van der Waals surface area (Å²) in [4.78, 5) is 28.4. The minimum atomic E-state index is -0.980. The molecule has 0 aromatic carbocycles. The van der Waals surface area contributed by atoms with E-state index in [0.717, 1.165) is 5.56 Å². The maximum absolute atomic E-state index is 12.0. The molecular weight excluding hydrogens is 232 g/mol. The SMILES string of the molecule is CCC(C(=O)O)N(C)C(=O)Cc1ncccc1C. The topological polar surface area (TPSA) is 70.5 Å². The third kappa shape index (κ3) is 3.29. The van der Waals surface area contributed by atoms with Crippen LogP contribution >= 0.6 is 0 Å². The van der Waals surface area contributed by atoms with Crippen molar-refractivity contribution in [1.29, 1.82) is 0 Å². The van der Waals surface area contributed by atoms with Gasteiger partial charge in [0.05, 0.1) is 12.1 Å². The molecule has 1 heterocycles. The molecule has 1 rings (SSSR count). The van der Waals surface area contributed by atoms with Crippen molar-refractivity contribution in [2.75, 3.05) is 7.05 Å². The second kappa shape index (κ2) is 6.14. The molecule has 0 saturated heterocycles. The summed E-state index contributed by atoms with van der Waals surface area (Å²) >= 11 is 0. The number of likely N-dealkylation sites (N-methyl/N-ethyl adjacent to an activating group) is 1. The van der Waals surface area contributed by atoms with Crippen LogP contribution in [0.1, 0.15) is 24.6 Å².